The molecule has 5 nitrogen and oxygen atoms in total. The number of carbonyl (C=O) groups excluding carboxylic acids is 1. The van der Waals surface area contributed by atoms with Crippen molar-refractivity contribution in [3.05, 3.63) is 88.9 Å². The fourth-order valence-corrected chi connectivity index (χ4v) is 3.60. The van der Waals surface area contributed by atoms with Crippen molar-refractivity contribution in [2.24, 2.45) is 0 Å². The van der Waals surface area contributed by atoms with Crippen LogP contribution in [-0.4, -0.2) is 20.4 Å². The summed E-state index contributed by atoms with van der Waals surface area (Å²) in [4.78, 5) is 22.2. The molecule has 0 fully saturated rings. The van der Waals surface area contributed by atoms with E-state index in [9.17, 15) is 4.79 Å². The van der Waals surface area contributed by atoms with E-state index in [0.29, 0.717) is 12.1 Å². The highest BCUT2D eigenvalue weighted by atomic mass is 16.1. The summed E-state index contributed by atoms with van der Waals surface area (Å²) in [6, 6.07) is 19.3. The highest BCUT2D eigenvalue weighted by Crippen LogP contribution is 2.21. The van der Waals surface area contributed by atoms with Gasteiger partial charge in [-0.3, -0.25) is 4.79 Å². The molecule has 5 heteroatoms. The lowest BCUT2D eigenvalue weighted by Gasteiger charge is -2.10. The van der Waals surface area contributed by atoms with Crippen LogP contribution in [-0.2, 0) is 13.0 Å². The standard InChI is InChI=1S/C24H24N4O/c1-4-21-27-22-16(2)13-17(3)25-23(22)28(21)15-18-9-8-10-19(14-18)24(29)26-20-11-6-5-7-12-20/h5-14H,4,15H2,1-3H3,(H,26,29). The van der Waals surface area contributed by atoms with Gasteiger partial charge in [-0.25, -0.2) is 9.97 Å². The van der Waals surface area contributed by atoms with Gasteiger partial charge in [0.2, 0.25) is 0 Å². The highest BCUT2D eigenvalue weighted by Gasteiger charge is 2.14. The number of nitrogens with one attached hydrogen (secondary N) is 1. The Bertz CT molecular complexity index is 1180. The molecule has 1 amide bonds. The quantitative estimate of drug-likeness (QED) is 0.532. The van der Waals surface area contributed by atoms with Crippen molar-refractivity contribution < 1.29 is 4.79 Å². The lowest BCUT2D eigenvalue weighted by Crippen LogP contribution is -2.12. The number of rotatable bonds is 5. The van der Waals surface area contributed by atoms with Crippen LogP contribution >= 0.6 is 0 Å². The zero-order chi connectivity index (χ0) is 20.4. The number of amides is 1. The largest absolute Gasteiger partial charge is 0.322 e. The molecule has 0 aliphatic carbocycles. The Balaban J connectivity index is 1.65. The first-order valence-corrected chi connectivity index (χ1v) is 9.84. The Morgan fingerprint density at radius 2 is 1.79 bits per heavy atom. The molecule has 0 spiro atoms. The molecule has 4 aromatic rings. The molecule has 0 unspecified atom stereocenters. The highest BCUT2D eigenvalue weighted by molar-refractivity contribution is 6.04. The molecule has 29 heavy (non-hydrogen) atoms. The molecule has 0 atom stereocenters. The lowest BCUT2D eigenvalue weighted by molar-refractivity contribution is 0.102. The van der Waals surface area contributed by atoms with Crippen molar-refractivity contribution in [3.8, 4) is 0 Å². The van der Waals surface area contributed by atoms with Crippen LogP contribution in [0.1, 0.15) is 39.9 Å². The second-order valence-electron chi connectivity index (χ2n) is 7.24. The Kier molecular flexibility index (Phi) is 5.12. The first-order chi connectivity index (χ1) is 14.0. The van der Waals surface area contributed by atoms with Crippen LogP contribution in [0.5, 0.6) is 0 Å². The van der Waals surface area contributed by atoms with Crippen molar-refractivity contribution in [2.45, 2.75) is 33.7 Å². The third kappa shape index (κ3) is 3.90. The van der Waals surface area contributed by atoms with Crippen LogP contribution in [0.3, 0.4) is 0 Å². The molecule has 4 rings (SSSR count). The Labute approximate surface area is 170 Å². The topological polar surface area (TPSA) is 59.8 Å². The molecule has 0 saturated heterocycles. The van der Waals surface area contributed by atoms with E-state index in [0.717, 1.165) is 45.9 Å². The molecular formula is C24H24N4O. The zero-order valence-corrected chi connectivity index (χ0v) is 16.9. The molecule has 1 N–H and O–H groups in total. The van der Waals surface area contributed by atoms with E-state index in [1.165, 1.54) is 0 Å². The molecule has 2 aromatic carbocycles. The first-order valence-electron chi connectivity index (χ1n) is 9.84. The molecule has 146 valence electrons. The molecule has 2 heterocycles. The van der Waals surface area contributed by atoms with Gasteiger partial charge in [0, 0.05) is 23.4 Å². The number of hydrogen-bond donors (Lipinski definition) is 1. The second-order valence-corrected chi connectivity index (χ2v) is 7.24. The number of anilines is 1. The van der Waals surface area contributed by atoms with Crippen LogP contribution in [0.15, 0.2) is 60.7 Å². The molecule has 0 radical (unpaired) electrons. The van der Waals surface area contributed by atoms with Gasteiger partial charge in [0.05, 0.1) is 6.54 Å². The van der Waals surface area contributed by atoms with Crippen molar-refractivity contribution in [1.29, 1.82) is 0 Å². The maximum atomic E-state index is 12.7. The third-order valence-electron chi connectivity index (χ3n) is 4.98. The number of nitrogens with zero attached hydrogens (tertiary/aromatic N) is 3. The Morgan fingerprint density at radius 3 is 2.55 bits per heavy atom. The van der Waals surface area contributed by atoms with Gasteiger partial charge in [-0.05, 0) is 55.3 Å². The first kappa shape index (κ1) is 18.9. The van der Waals surface area contributed by atoms with Gasteiger partial charge in [-0.15, -0.1) is 0 Å². The van der Waals surface area contributed by atoms with E-state index >= 15 is 0 Å². The molecule has 0 bridgehead atoms. The number of pyridine rings is 1. The predicted molar refractivity (Wildman–Crippen MR) is 116 cm³/mol. The number of hydrogen-bond acceptors (Lipinski definition) is 3. The van der Waals surface area contributed by atoms with Crippen molar-refractivity contribution in [3.63, 3.8) is 0 Å². The summed E-state index contributed by atoms with van der Waals surface area (Å²) >= 11 is 0. The van der Waals surface area contributed by atoms with E-state index in [4.69, 9.17) is 9.97 Å². The van der Waals surface area contributed by atoms with E-state index in [2.05, 4.69) is 29.8 Å². The maximum absolute atomic E-state index is 12.7. The molecule has 0 saturated carbocycles. The normalized spacial score (nSPS) is 11.0. The summed E-state index contributed by atoms with van der Waals surface area (Å²) in [5.74, 6) is 0.884. The third-order valence-corrected chi connectivity index (χ3v) is 4.98. The number of imidazole rings is 1. The fourth-order valence-electron chi connectivity index (χ4n) is 3.60. The van der Waals surface area contributed by atoms with Crippen molar-refractivity contribution >= 4 is 22.8 Å². The average molecular weight is 384 g/mol. The number of aryl methyl sites for hydroxylation is 3. The van der Waals surface area contributed by atoms with Gasteiger partial charge >= 0.3 is 0 Å². The van der Waals surface area contributed by atoms with Gasteiger partial charge in [0.25, 0.3) is 5.91 Å². The summed E-state index contributed by atoms with van der Waals surface area (Å²) in [6.45, 7) is 6.80. The van der Waals surface area contributed by atoms with E-state index in [1.807, 2.05) is 61.5 Å². The van der Waals surface area contributed by atoms with Gasteiger partial charge in [-0.1, -0.05) is 37.3 Å². The van der Waals surface area contributed by atoms with Crippen LogP contribution in [0.25, 0.3) is 11.2 Å². The number of carbonyl (C=O) groups is 1. The molecular weight excluding hydrogens is 360 g/mol. The van der Waals surface area contributed by atoms with Crippen LogP contribution in [0, 0.1) is 13.8 Å². The summed E-state index contributed by atoms with van der Waals surface area (Å²) in [7, 11) is 0. The number of aromatic nitrogens is 3. The summed E-state index contributed by atoms with van der Waals surface area (Å²) in [5.41, 5.74) is 6.43. The monoisotopic (exact) mass is 384 g/mol. The lowest BCUT2D eigenvalue weighted by atomic mass is 10.1. The van der Waals surface area contributed by atoms with Crippen molar-refractivity contribution in [1.82, 2.24) is 14.5 Å². The molecule has 0 aliphatic rings. The minimum Gasteiger partial charge on any atom is -0.322 e. The van der Waals surface area contributed by atoms with Gasteiger partial charge < -0.3 is 9.88 Å². The maximum Gasteiger partial charge on any atom is 0.255 e. The number of fused-ring (bicyclic) bond motifs is 1. The Morgan fingerprint density at radius 1 is 1.00 bits per heavy atom. The second kappa shape index (κ2) is 7.87. The van der Waals surface area contributed by atoms with Crippen molar-refractivity contribution in [2.75, 3.05) is 5.32 Å². The van der Waals surface area contributed by atoms with Crippen LogP contribution < -0.4 is 5.32 Å². The summed E-state index contributed by atoms with van der Waals surface area (Å²) in [6.07, 6.45) is 0.822. The SMILES string of the molecule is CCc1nc2c(C)cc(C)nc2n1Cc1cccc(C(=O)Nc2ccccc2)c1. The molecule has 2 aromatic heterocycles. The van der Waals surface area contributed by atoms with E-state index in [-0.39, 0.29) is 5.91 Å². The number of para-hydroxylation sites is 1. The fraction of sp³-hybridized carbons (Fsp3) is 0.208. The summed E-state index contributed by atoms with van der Waals surface area (Å²) < 4.78 is 2.16. The number of benzene rings is 2. The zero-order valence-electron chi connectivity index (χ0n) is 16.9. The van der Waals surface area contributed by atoms with E-state index < -0.39 is 0 Å². The molecule has 0 aliphatic heterocycles. The van der Waals surface area contributed by atoms with Gasteiger partial charge in [0.1, 0.15) is 11.3 Å². The van der Waals surface area contributed by atoms with E-state index in [1.54, 1.807) is 0 Å². The van der Waals surface area contributed by atoms with Gasteiger partial charge in [0.15, 0.2) is 5.65 Å². The van der Waals surface area contributed by atoms with Crippen LogP contribution in [0.4, 0.5) is 5.69 Å². The van der Waals surface area contributed by atoms with Crippen LogP contribution in [0.2, 0.25) is 0 Å². The van der Waals surface area contributed by atoms with Gasteiger partial charge in [-0.2, -0.15) is 0 Å². The summed E-state index contributed by atoms with van der Waals surface area (Å²) in [5, 5.41) is 2.94. The Hall–Kier alpha value is -3.47. The predicted octanol–water partition coefficient (Wildman–Crippen LogP) is 4.91. The minimum absolute atomic E-state index is 0.117. The minimum atomic E-state index is -0.117. The average Bonchev–Trinajstić information content (AvgIpc) is 3.07. The smallest absolute Gasteiger partial charge is 0.255 e.